The van der Waals surface area contributed by atoms with Gasteiger partial charge in [0.15, 0.2) is 0 Å². The van der Waals surface area contributed by atoms with Crippen LogP contribution in [-0.4, -0.2) is 27.1 Å². The first-order chi connectivity index (χ1) is 9.25. The van der Waals surface area contributed by atoms with Gasteiger partial charge in [-0.1, -0.05) is 30.3 Å². The van der Waals surface area contributed by atoms with Gasteiger partial charge in [-0.25, -0.2) is 4.98 Å². The van der Waals surface area contributed by atoms with Gasteiger partial charge in [0.2, 0.25) is 5.91 Å². The molecule has 2 rings (SSSR count). The molecule has 0 fully saturated rings. The Labute approximate surface area is 111 Å². The lowest BCUT2D eigenvalue weighted by atomic mass is 10.1. The van der Waals surface area contributed by atoms with E-state index in [0.29, 0.717) is 13.0 Å². The lowest BCUT2D eigenvalue weighted by molar-refractivity contribution is -0.121. The molecule has 0 bridgehead atoms. The van der Waals surface area contributed by atoms with Gasteiger partial charge in [-0.15, -0.1) is 0 Å². The Morgan fingerprint density at radius 1 is 1.37 bits per heavy atom. The third-order valence-corrected chi connectivity index (χ3v) is 2.83. The molecule has 1 heterocycles. The van der Waals surface area contributed by atoms with Crippen LogP contribution in [0.2, 0.25) is 0 Å². The fraction of sp³-hybridized carbons (Fsp3) is 0.286. The summed E-state index contributed by atoms with van der Waals surface area (Å²) in [6.45, 7) is 0.819. The number of imidazole rings is 1. The van der Waals surface area contributed by atoms with Gasteiger partial charge in [0.1, 0.15) is 0 Å². The van der Waals surface area contributed by atoms with Crippen molar-refractivity contribution in [1.82, 2.24) is 14.9 Å². The van der Waals surface area contributed by atoms with E-state index in [-0.39, 0.29) is 12.5 Å². The number of aromatic nitrogens is 2. The van der Waals surface area contributed by atoms with Crippen LogP contribution in [0.5, 0.6) is 0 Å². The molecule has 100 valence electrons. The predicted molar refractivity (Wildman–Crippen MR) is 71.3 cm³/mol. The summed E-state index contributed by atoms with van der Waals surface area (Å²) in [5.41, 5.74) is 0.803. The molecule has 5 heteroatoms. The zero-order chi connectivity index (χ0) is 13.5. The standard InChI is InChI=1S/C14H17N3O2/c18-13(12-4-2-1-3-5-12)10-16-14(19)6-8-17-9-7-15-11-17/h1-5,7,9,11,13,18H,6,8,10H2,(H,16,19). The van der Waals surface area contributed by atoms with E-state index < -0.39 is 6.10 Å². The Bertz CT molecular complexity index is 497. The van der Waals surface area contributed by atoms with Gasteiger partial charge in [-0.2, -0.15) is 0 Å². The van der Waals surface area contributed by atoms with Gasteiger partial charge in [0.25, 0.3) is 0 Å². The fourth-order valence-corrected chi connectivity index (χ4v) is 1.74. The number of hydrogen-bond donors (Lipinski definition) is 2. The van der Waals surface area contributed by atoms with E-state index in [2.05, 4.69) is 10.3 Å². The number of nitrogens with one attached hydrogen (secondary N) is 1. The maximum Gasteiger partial charge on any atom is 0.221 e. The van der Waals surface area contributed by atoms with Crippen molar-refractivity contribution in [2.75, 3.05) is 6.54 Å². The van der Waals surface area contributed by atoms with Crippen molar-refractivity contribution in [1.29, 1.82) is 0 Å². The number of aliphatic hydroxyl groups is 1. The summed E-state index contributed by atoms with van der Waals surface area (Å²) in [4.78, 5) is 15.5. The SMILES string of the molecule is O=C(CCn1ccnc1)NCC(O)c1ccccc1. The second-order valence-corrected chi connectivity index (χ2v) is 4.28. The van der Waals surface area contributed by atoms with Crippen LogP contribution in [-0.2, 0) is 11.3 Å². The summed E-state index contributed by atoms with van der Waals surface area (Å²) < 4.78 is 1.84. The van der Waals surface area contributed by atoms with Crippen LogP contribution in [0.3, 0.4) is 0 Å². The normalized spacial score (nSPS) is 12.1. The minimum atomic E-state index is -0.668. The van der Waals surface area contributed by atoms with Gasteiger partial charge in [-0.05, 0) is 5.56 Å². The zero-order valence-electron chi connectivity index (χ0n) is 10.6. The molecule has 0 spiro atoms. The number of hydrogen-bond acceptors (Lipinski definition) is 3. The number of aliphatic hydroxyl groups excluding tert-OH is 1. The molecule has 1 unspecified atom stereocenters. The van der Waals surface area contributed by atoms with Crippen molar-refractivity contribution in [3.05, 3.63) is 54.6 Å². The molecule has 0 aliphatic heterocycles. The molecule has 0 radical (unpaired) electrons. The van der Waals surface area contributed by atoms with Crippen molar-refractivity contribution >= 4 is 5.91 Å². The van der Waals surface area contributed by atoms with Crippen molar-refractivity contribution in [2.45, 2.75) is 19.1 Å². The summed E-state index contributed by atoms with van der Waals surface area (Å²) in [7, 11) is 0. The number of nitrogens with zero attached hydrogens (tertiary/aromatic N) is 2. The number of aryl methyl sites for hydroxylation is 1. The van der Waals surface area contributed by atoms with E-state index in [1.165, 1.54) is 0 Å². The van der Waals surface area contributed by atoms with Crippen molar-refractivity contribution in [3.63, 3.8) is 0 Å². The van der Waals surface area contributed by atoms with E-state index in [0.717, 1.165) is 5.56 Å². The molecule has 1 aromatic heterocycles. The minimum absolute atomic E-state index is 0.0799. The molecule has 1 aromatic carbocycles. The average molecular weight is 259 g/mol. The lowest BCUT2D eigenvalue weighted by Gasteiger charge is -2.12. The second kappa shape index (κ2) is 6.70. The predicted octanol–water partition coefficient (Wildman–Crippen LogP) is 1.12. The van der Waals surface area contributed by atoms with Crippen molar-refractivity contribution < 1.29 is 9.90 Å². The lowest BCUT2D eigenvalue weighted by Crippen LogP contribution is -2.28. The van der Waals surface area contributed by atoms with Gasteiger partial charge >= 0.3 is 0 Å². The Morgan fingerprint density at radius 2 is 2.16 bits per heavy atom. The number of rotatable bonds is 6. The van der Waals surface area contributed by atoms with Crippen LogP contribution in [0.15, 0.2) is 49.1 Å². The third kappa shape index (κ3) is 4.22. The Balaban J connectivity index is 1.71. The van der Waals surface area contributed by atoms with E-state index in [4.69, 9.17) is 0 Å². The number of carbonyl (C=O) groups is 1. The first-order valence-corrected chi connectivity index (χ1v) is 6.21. The summed E-state index contributed by atoms with van der Waals surface area (Å²) in [5.74, 6) is -0.0799. The Kier molecular flexibility index (Phi) is 4.69. The molecule has 1 atom stereocenters. The molecule has 2 N–H and O–H groups in total. The van der Waals surface area contributed by atoms with Crippen LogP contribution in [0.1, 0.15) is 18.1 Å². The van der Waals surface area contributed by atoms with Gasteiger partial charge < -0.3 is 15.0 Å². The van der Waals surface area contributed by atoms with Gasteiger partial charge in [0.05, 0.1) is 12.4 Å². The van der Waals surface area contributed by atoms with Crippen LogP contribution in [0.25, 0.3) is 0 Å². The van der Waals surface area contributed by atoms with E-state index in [1.54, 1.807) is 12.5 Å². The molecule has 0 saturated heterocycles. The molecular formula is C14H17N3O2. The molecule has 2 aromatic rings. The highest BCUT2D eigenvalue weighted by molar-refractivity contribution is 5.75. The second-order valence-electron chi connectivity index (χ2n) is 4.28. The van der Waals surface area contributed by atoms with Crippen LogP contribution >= 0.6 is 0 Å². The highest BCUT2D eigenvalue weighted by Crippen LogP contribution is 2.10. The maximum absolute atomic E-state index is 11.6. The van der Waals surface area contributed by atoms with Crippen molar-refractivity contribution in [3.8, 4) is 0 Å². The summed E-state index contributed by atoms with van der Waals surface area (Å²) in [6.07, 6.45) is 4.87. The van der Waals surface area contributed by atoms with Gasteiger partial charge in [0, 0.05) is 31.9 Å². The molecule has 5 nitrogen and oxygen atoms in total. The zero-order valence-corrected chi connectivity index (χ0v) is 10.6. The quantitative estimate of drug-likeness (QED) is 0.817. The Hall–Kier alpha value is -2.14. The molecule has 1 amide bonds. The largest absolute Gasteiger partial charge is 0.387 e. The first kappa shape index (κ1) is 13.3. The highest BCUT2D eigenvalue weighted by atomic mass is 16.3. The summed E-state index contributed by atoms with van der Waals surface area (Å²) in [5, 5.41) is 12.6. The van der Waals surface area contributed by atoms with Gasteiger partial charge in [-0.3, -0.25) is 4.79 Å². The topological polar surface area (TPSA) is 67.2 Å². The Morgan fingerprint density at radius 3 is 2.84 bits per heavy atom. The molecule has 0 saturated carbocycles. The maximum atomic E-state index is 11.6. The van der Waals surface area contributed by atoms with E-state index in [9.17, 15) is 9.90 Å². The first-order valence-electron chi connectivity index (χ1n) is 6.21. The number of carbonyl (C=O) groups excluding carboxylic acids is 1. The minimum Gasteiger partial charge on any atom is -0.387 e. The number of benzene rings is 1. The fourth-order valence-electron chi connectivity index (χ4n) is 1.74. The third-order valence-electron chi connectivity index (χ3n) is 2.83. The smallest absolute Gasteiger partial charge is 0.221 e. The van der Waals surface area contributed by atoms with Crippen LogP contribution in [0, 0.1) is 0 Å². The van der Waals surface area contributed by atoms with Crippen LogP contribution in [0.4, 0.5) is 0 Å². The van der Waals surface area contributed by atoms with Crippen molar-refractivity contribution in [2.24, 2.45) is 0 Å². The molecule has 0 aliphatic carbocycles. The average Bonchev–Trinajstić information content (AvgIpc) is 2.96. The number of amides is 1. The molecular weight excluding hydrogens is 242 g/mol. The highest BCUT2D eigenvalue weighted by Gasteiger charge is 2.08. The van der Waals surface area contributed by atoms with E-state index >= 15 is 0 Å². The monoisotopic (exact) mass is 259 g/mol. The van der Waals surface area contributed by atoms with E-state index in [1.807, 2.05) is 41.1 Å². The van der Waals surface area contributed by atoms with Crippen LogP contribution < -0.4 is 5.32 Å². The summed E-state index contributed by atoms with van der Waals surface area (Å²) in [6, 6.07) is 9.28. The molecule has 0 aliphatic rings. The summed E-state index contributed by atoms with van der Waals surface area (Å²) >= 11 is 0. The molecule has 19 heavy (non-hydrogen) atoms.